The first-order valence-corrected chi connectivity index (χ1v) is 9.80. The lowest BCUT2D eigenvalue weighted by molar-refractivity contribution is -0.129. The molecule has 134 valence electrons. The Labute approximate surface area is 154 Å². The quantitative estimate of drug-likeness (QED) is 0.739. The number of ether oxygens (including phenoxy) is 2. The number of thioether (sulfide) groups is 1. The number of benzene rings is 1. The number of amides is 1. The molecule has 0 saturated heterocycles. The van der Waals surface area contributed by atoms with Crippen LogP contribution >= 0.6 is 23.1 Å². The molecule has 25 heavy (non-hydrogen) atoms. The summed E-state index contributed by atoms with van der Waals surface area (Å²) in [6, 6.07) is 7.58. The lowest BCUT2D eigenvalue weighted by Crippen LogP contribution is -2.44. The first-order chi connectivity index (χ1) is 12.2. The van der Waals surface area contributed by atoms with Crippen LogP contribution in [0.4, 0.5) is 5.13 Å². The molecule has 1 aromatic heterocycles. The van der Waals surface area contributed by atoms with Crippen LogP contribution in [-0.4, -0.2) is 59.6 Å². The largest absolute Gasteiger partial charge is 0.486 e. The van der Waals surface area contributed by atoms with Gasteiger partial charge in [0, 0.05) is 13.6 Å². The standard InChI is InChI=1S/C16H20N4O3S2/c1-3-20(14(21)10-24-16-19-18-15(17-2)25-16)8-11-9-22-12-6-4-5-7-13(12)23-11/h4-7,11H,3,8-10H2,1-2H3,(H,17,18)/t11-/m1/s1. The maximum atomic E-state index is 12.5. The second-order valence-corrected chi connectivity index (χ2v) is 7.54. The zero-order valence-electron chi connectivity index (χ0n) is 14.1. The molecule has 1 aliphatic rings. The summed E-state index contributed by atoms with van der Waals surface area (Å²) in [4.78, 5) is 14.3. The maximum Gasteiger partial charge on any atom is 0.233 e. The van der Waals surface area contributed by atoms with Crippen molar-refractivity contribution in [1.82, 2.24) is 15.1 Å². The molecule has 0 aliphatic carbocycles. The van der Waals surface area contributed by atoms with Gasteiger partial charge < -0.3 is 19.7 Å². The van der Waals surface area contributed by atoms with Gasteiger partial charge in [-0.25, -0.2) is 0 Å². The number of rotatable bonds is 7. The predicted molar refractivity (Wildman–Crippen MR) is 98.8 cm³/mol. The molecule has 1 N–H and O–H groups in total. The molecule has 1 aromatic carbocycles. The van der Waals surface area contributed by atoms with Gasteiger partial charge in [-0.1, -0.05) is 35.2 Å². The predicted octanol–water partition coefficient (Wildman–Crippen LogP) is 2.36. The number of para-hydroxylation sites is 2. The van der Waals surface area contributed by atoms with Crippen LogP contribution in [0, 0.1) is 0 Å². The van der Waals surface area contributed by atoms with E-state index in [2.05, 4.69) is 15.5 Å². The minimum absolute atomic E-state index is 0.0520. The molecule has 3 rings (SSSR count). The summed E-state index contributed by atoms with van der Waals surface area (Å²) in [5.74, 6) is 1.86. The normalized spacial score (nSPS) is 15.7. The van der Waals surface area contributed by atoms with Crippen molar-refractivity contribution in [2.75, 3.05) is 37.8 Å². The van der Waals surface area contributed by atoms with Crippen molar-refractivity contribution in [2.45, 2.75) is 17.4 Å². The molecule has 0 spiro atoms. The summed E-state index contributed by atoms with van der Waals surface area (Å²) in [5.41, 5.74) is 0. The van der Waals surface area contributed by atoms with Crippen LogP contribution in [0.15, 0.2) is 28.6 Å². The monoisotopic (exact) mass is 380 g/mol. The summed E-state index contributed by atoms with van der Waals surface area (Å²) in [7, 11) is 1.79. The fraction of sp³-hybridized carbons (Fsp3) is 0.438. The van der Waals surface area contributed by atoms with Crippen LogP contribution < -0.4 is 14.8 Å². The maximum absolute atomic E-state index is 12.5. The molecular weight excluding hydrogens is 360 g/mol. The zero-order chi connectivity index (χ0) is 17.6. The Bertz CT molecular complexity index is 725. The van der Waals surface area contributed by atoms with E-state index < -0.39 is 0 Å². The van der Waals surface area contributed by atoms with E-state index in [0.29, 0.717) is 25.4 Å². The summed E-state index contributed by atoms with van der Waals surface area (Å²) < 4.78 is 12.4. The minimum Gasteiger partial charge on any atom is -0.486 e. The van der Waals surface area contributed by atoms with E-state index in [4.69, 9.17) is 9.47 Å². The smallest absolute Gasteiger partial charge is 0.233 e. The van der Waals surface area contributed by atoms with Crippen molar-refractivity contribution >= 4 is 34.1 Å². The Morgan fingerprint density at radius 1 is 1.40 bits per heavy atom. The van der Waals surface area contributed by atoms with Gasteiger partial charge in [0.1, 0.15) is 6.61 Å². The van der Waals surface area contributed by atoms with E-state index >= 15 is 0 Å². The average Bonchev–Trinajstić information content (AvgIpc) is 3.12. The van der Waals surface area contributed by atoms with E-state index in [1.165, 1.54) is 23.1 Å². The van der Waals surface area contributed by atoms with Crippen molar-refractivity contribution in [3.63, 3.8) is 0 Å². The van der Waals surface area contributed by atoms with Crippen molar-refractivity contribution < 1.29 is 14.3 Å². The number of carbonyl (C=O) groups excluding carboxylic acids is 1. The van der Waals surface area contributed by atoms with E-state index in [-0.39, 0.29) is 12.0 Å². The summed E-state index contributed by atoms with van der Waals surface area (Å²) >= 11 is 2.84. The molecule has 7 nitrogen and oxygen atoms in total. The van der Waals surface area contributed by atoms with Gasteiger partial charge in [0.2, 0.25) is 11.0 Å². The van der Waals surface area contributed by atoms with E-state index in [9.17, 15) is 4.79 Å². The van der Waals surface area contributed by atoms with E-state index in [0.717, 1.165) is 21.0 Å². The third-order valence-corrected chi connectivity index (χ3v) is 5.72. The summed E-state index contributed by atoms with van der Waals surface area (Å²) in [5, 5.41) is 11.7. The van der Waals surface area contributed by atoms with Gasteiger partial charge in [0.25, 0.3) is 0 Å². The molecule has 1 aliphatic heterocycles. The Kier molecular flexibility index (Phi) is 5.98. The van der Waals surface area contributed by atoms with Crippen LogP contribution in [0.25, 0.3) is 0 Å². The number of nitrogens with one attached hydrogen (secondary N) is 1. The lowest BCUT2D eigenvalue weighted by Gasteiger charge is -2.30. The number of anilines is 1. The highest BCUT2D eigenvalue weighted by atomic mass is 32.2. The molecule has 0 radical (unpaired) electrons. The second-order valence-electron chi connectivity index (χ2n) is 5.34. The number of hydrogen-bond acceptors (Lipinski definition) is 8. The zero-order valence-corrected chi connectivity index (χ0v) is 15.7. The molecule has 1 atom stereocenters. The number of hydrogen-bond donors (Lipinski definition) is 1. The van der Waals surface area contributed by atoms with Crippen molar-refractivity contribution in [1.29, 1.82) is 0 Å². The Morgan fingerprint density at radius 2 is 2.20 bits per heavy atom. The van der Waals surface area contributed by atoms with E-state index in [1.807, 2.05) is 31.2 Å². The minimum atomic E-state index is -0.166. The Morgan fingerprint density at radius 3 is 2.92 bits per heavy atom. The van der Waals surface area contributed by atoms with Gasteiger partial charge in [0.05, 0.1) is 12.3 Å². The molecule has 0 saturated carbocycles. The van der Waals surface area contributed by atoms with Gasteiger partial charge in [-0.2, -0.15) is 0 Å². The SMILES string of the molecule is CCN(C[C@@H]1COc2ccccc2O1)C(=O)CSc1nnc(NC)s1. The molecule has 1 amide bonds. The number of carbonyl (C=O) groups is 1. The van der Waals surface area contributed by atoms with Crippen LogP contribution in [0.5, 0.6) is 11.5 Å². The fourth-order valence-electron chi connectivity index (χ4n) is 2.39. The van der Waals surface area contributed by atoms with Crippen molar-refractivity contribution in [2.24, 2.45) is 0 Å². The van der Waals surface area contributed by atoms with Gasteiger partial charge in [-0.05, 0) is 19.1 Å². The van der Waals surface area contributed by atoms with Gasteiger partial charge >= 0.3 is 0 Å². The molecule has 0 bridgehead atoms. The molecule has 2 heterocycles. The van der Waals surface area contributed by atoms with E-state index in [1.54, 1.807) is 11.9 Å². The first kappa shape index (κ1) is 17.8. The molecule has 0 unspecified atom stereocenters. The van der Waals surface area contributed by atoms with Gasteiger partial charge in [-0.3, -0.25) is 4.79 Å². The van der Waals surface area contributed by atoms with Crippen LogP contribution in [0.1, 0.15) is 6.92 Å². The second kappa shape index (κ2) is 8.39. The molecule has 0 fully saturated rings. The topological polar surface area (TPSA) is 76.6 Å². The Hall–Kier alpha value is -2.00. The highest BCUT2D eigenvalue weighted by molar-refractivity contribution is 8.01. The fourth-order valence-corrected chi connectivity index (χ4v) is 4.00. The third-order valence-electron chi connectivity index (χ3n) is 3.67. The highest BCUT2D eigenvalue weighted by Crippen LogP contribution is 2.31. The first-order valence-electron chi connectivity index (χ1n) is 8.00. The number of nitrogens with zero attached hydrogens (tertiary/aromatic N) is 3. The molecule has 9 heteroatoms. The average molecular weight is 380 g/mol. The Balaban J connectivity index is 1.52. The summed E-state index contributed by atoms with van der Waals surface area (Å²) in [6.07, 6.45) is -0.166. The van der Waals surface area contributed by atoms with Crippen LogP contribution in [-0.2, 0) is 4.79 Å². The van der Waals surface area contributed by atoms with Gasteiger partial charge in [-0.15, -0.1) is 10.2 Å². The summed E-state index contributed by atoms with van der Waals surface area (Å²) in [6.45, 7) is 3.53. The number of likely N-dealkylation sites (N-methyl/N-ethyl adjacent to an activating group) is 1. The number of fused-ring (bicyclic) bond motifs is 1. The highest BCUT2D eigenvalue weighted by Gasteiger charge is 2.24. The number of aromatic nitrogens is 2. The molecule has 2 aromatic rings. The van der Waals surface area contributed by atoms with Crippen LogP contribution in [0.3, 0.4) is 0 Å². The lowest BCUT2D eigenvalue weighted by atomic mass is 10.2. The van der Waals surface area contributed by atoms with Gasteiger partial charge in [0.15, 0.2) is 21.9 Å². The van der Waals surface area contributed by atoms with Crippen molar-refractivity contribution in [3.05, 3.63) is 24.3 Å². The third kappa shape index (κ3) is 4.55. The van der Waals surface area contributed by atoms with Crippen LogP contribution in [0.2, 0.25) is 0 Å². The van der Waals surface area contributed by atoms with Crippen molar-refractivity contribution in [3.8, 4) is 11.5 Å². The molecular formula is C16H20N4O3S2.